The molecule has 0 atom stereocenters. The highest BCUT2D eigenvalue weighted by atomic mass is 16.5. The van der Waals surface area contributed by atoms with Gasteiger partial charge in [-0.3, -0.25) is 9.69 Å². The molecule has 5 nitrogen and oxygen atoms in total. The van der Waals surface area contributed by atoms with Gasteiger partial charge in [0.1, 0.15) is 6.54 Å². The predicted octanol–water partition coefficient (Wildman–Crippen LogP) is 2.45. The van der Waals surface area contributed by atoms with E-state index in [1.165, 1.54) is 10.5 Å². The number of nitrogens with zero attached hydrogens (tertiary/aromatic N) is 2. The molecule has 0 bridgehead atoms. The maximum Gasteiger partial charge on any atom is 0.250 e. The van der Waals surface area contributed by atoms with Gasteiger partial charge in [-0.1, -0.05) is 44.2 Å². The van der Waals surface area contributed by atoms with Gasteiger partial charge in [-0.05, 0) is 25.8 Å². The van der Waals surface area contributed by atoms with Crippen molar-refractivity contribution in [3.05, 3.63) is 35.9 Å². The van der Waals surface area contributed by atoms with E-state index in [1.54, 1.807) is 7.05 Å². The summed E-state index contributed by atoms with van der Waals surface area (Å²) < 4.78 is 5.45. The Bertz CT molecular complexity index is 444. The summed E-state index contributed by atoms with van der Waals surface area (Å²) in [5.41, 5.74) is 6.57. The average Bonchev–Trinajstić information content (AvgIpc) is 2.82. The SMILES string of the molecule is CC.CC(C)OCCc1ccccc1.CN1C(=O)CN=C1N. The molecular formula is C17H29N3O2. The molecular weight excluding hydrogens is 278 g/mol. The molecule has 22 heavy (non-hydrogen) atoms. The molecule has 124 valence electrons. The zero-order chi connectivity index (χ0) is 17.0. The van der Waals surface area contributed by atoms with E-state index < -0.39 is 0 Å². The molecule has 1 aliphatic rings. The molecule has 2 N–H and O–H groups in total. The van der Waals surface area contributed by atoms with Crippen molar-refractivity contribution in [1.29, 1.82) is 0 Å². The molecule has 5 heteroatoms. The molecule has 0 aromatic heterocycles. The van der Waals surface area contributed by atoms with E-state index in [2.05, 4.69) is 43.1 Å². The lowest BCUT2D eigenvalue weighted by molar-refractivity contribution is -0.123. The fraction of sp³-hybridized carbons (Fsp3) is 0.529. The smallest absolute Gasteiger partial charge is 0.250 e. The molecule has 1 aliphatic heterocycles. The number of nitrogens with two attached hydrogens (primary N) is 1. The van der Waals surface area contributed by atoms with Gasteiger partial charge >= 0.3 is 0 Å². The molecule has 0 aliphatic carbocycles. The van der Waals surface area contributed by atoms with Crippen LogP contribution in [0.5, 0.6) is 0 Å². The van der Waals surface area contributed by atoms with Gasteiger partial charge in [-0.25, -0.2) is 4.99 Å². The minimum absolute atomic E-state index is 0.0394. The quantitative estimate of drug-likeness (QED) is 0.929. The summed E-state index contributed by atoms with van der Waals surface area (Å²) in [4.78, 5) is 15.5. The van der Waals surface area contributed by atoms with Gasteiger partial charge in [-0.2, -0.15) is 0 Å². The van der Waals surface area contributed by atoms with Gasteiger partial charge in [0.2, 0.25) is 0 Å². The number of hydrogen-bond acceptors (Lipinski definition) is 4. The molecule has 0 radical (unpaired) electrons. The fourth-order valence-electron chi connectivity index (χ4n) is 1.55. The number of ether oxygens (including phenoxy) is 1. The van der Waals surface area contributed by atoms with E-state index in [-0.39, 0.29) is 12.5 Å². The van der Waals surface area contributed by atoms with Crippen LogP contribution in [0.3, 0.4) is 0 Å². The van der Waals surface area contributed by atoms with E-state index in [1.807, 2.05) is 19.9 Å². The van der Waals surface area contributed by atoms with E-state index in [4.69, 9.17) is 10.5 Å². The van der Waals surface area contributed by atoms with Crippen LogP contribution in [0.25, 0.3) is 0 Å². The molecule has 1 heterocycles. The number of rotatable bonds is 4. The Labute approximate surface area is 134 Å². The van der Waals surface area contributed by atoms with Crippen LogP contribution in [-0.4, -0.2) is 43.1 Å². The summed E-state index contributed by atoms with van der Waals surface area (Å²) in [7, 11) is 1.61. The van der Waals surface area contributed by atoms with Gasteiger partial charge in [0.05, 0.1) is 12.7 Å². The first-order valence-corrected chi connectivity index (χ1v) is 7.72. The first-order chi connectivity index (χ1) is 10.5. The molecule has 0 unspecified atom stereocenters. The van der Waals surface area contributed by atoms with Gasteiger partial charge in [-0.15, -0.1) is 0 Å². The summed E-state index contributed by atoms with van der Waals surface area (Å²) in [5.74, 6) is 0.275. The van der Waals surface area contributed by atoms with Gasteiger partial charge in [0, 0.05) is 7.05 Å². The standard InChI is InChI=1S/C11H16O.C4H7N3O.C2H6/c1-10(2)12-9-8-11-6-4-3-5-7-11;1-7-3(8)2-6-4(7)5;1-2/h3-7,10H,8-9H2,1-2H3;2H2,1H3,(H2,5,6);1-2H3. The fourth-order valence-corrected chi connectivity index (χ4v) is 1.55. The Hall–Kier alpha value is -1.88. The lowest BCUT2D eigenvalue weighted by atomic mass is 10.2. The third-order valence-corrected chi connectivity index (χ3v) is 2.78. The van der Waals surface area contributed by atoms with Crippen LogP contribution >= 0.6 is 0 Å². The summed E-state index contributed by atoms with van der Waals surface area (Å²) in [5, 5.41) is 0. The molecule has 0 saturated heterocycles. The number of guanidine groups is 1. The Morgan fingerprint density at radius 1 is 1.27 bits per heavy atom. The van der Waals surface area contributed by atoms with Crippen molar-refractivity contribution in [2.24, 2.45) is 10.7 Å². The third-order valence-electron chi connectivity index (χ3n) is 2.78. The van der Waals surface area contributed by atoms with E-state index in [9.17, 15) is 4.79 Å². The Morgan fingerprint density at radius 2 is 1.86 bits per heavy atom. The van der Waals surface area contributed by atoms with Crippen molar-refractivity contribution in [3.63, 3.8) is 0 Å². The number of carbonyl (C=O) groups excluding carboxylic acids is 1. The lowest BCUT2D eigenvalue weighted by Gasteiger charge is -2.06. The lowest BCUT2D eigenvalue weighted by Crippen LogP contribution is -2.33. The Balaban J connectivity index is 0.000000382. The highest BCUT2D eigenvalue weighted by Crippen LogP contribution is 2.00. The van der Waals surface area contributed by atoms with Crippen molar-refractivity contribution in [1.82, 2.24) is 4.90 Å². The van der Waals surface area contributed by atoms with Crippen LogP contribution in [-0.2, 0) is 16.0 Å². The first-order valence-electron chi connectivity index (χ1n) is 7.72. The average molecular weight is 307 g/mol. The molecule has 2 rings (SSSR count). The van der Waals surface area contributed by atoms with Gasteiger partial charge in [0.15, 0.2) is 5.96 Å². The minimum Gasteiger partial charge on any atom is -0.378 e. The number of carbonyl (C=O) groups is 1. The van der Waals surface area contributed by atoms with Crippen molar-refractivity contribution >= 4 is 11.9 Å². The highest BCUT2D eigenvalue weighted by Gasteiger charge is 2.17. The zero-order valence-corrected chi connectivity index (χ0v) is 14.4. The maximum atomic E-state index is 10.5. The molecule has 0 fully saturated rings. The van der Waals surface area contributed by atoms with Crippen molar-refractivity contribution < 1.29 is 9.53 Å². The largest absolute Gasteiger partial charge is 0.378 e. The summed E-state index contributed by atoms with van der Waals surface area (Å²) >= 11 is 0. The number of aliphatic imine (C=N–C) groups is 1. The molecule has 0 spiro atoms. The first kappa shape index (κ1) is 20.1. The second kappa shape index (κ2) is 11.7. The molecule has 1 amide bonds. The number of hydrogen-bond donors (Lipinski definition) is 1. The van der Waals surface area contributed by atoms with Crippen molar-refractivity contribution in [3.8, 4) is 0 Å². The van der Waals surface area contributed by atoms with E-state index in [0.29, 0.717) is 12.1 Å². The second-order valence-corrected chi connectivity index (χ2v) is 4.78. The summed E-state index contributed by atoms with van der Waals surface area (Å²) in [6, 6.07) is 10.4. The van der Waals surface area contributed by atoms with E-state index in [0.717, 1.165) is 13.0 Å². The zero-order valence-electron chi connectivity index (χ0n) is 14.4. The molecule has 1 aromatic carbocycles. The molecule has 0 saturated carbocycles. The van der Waals surface area contributed by atoms with E-state index >= 15 is 0 Å². The normalized spacial score (nSPS) is 13.1. The van der Waals surface area contributed by atoms with Crippen LogP contribution in [0, 0.1) is 0 Å². The predicted molar refractivity (Wildman–Crippen MR) is 91.8 cm³/mol. The summed E-state index contributed by atoms with van der Waals surface area (Å²) in [6.07, 6.45) is 1.35. The highest BCUT2D eigenvalue weighted by molar-refractivity contribution is 6.01. The van der Waals surface area contributed by atoms with Crippen LogP contribution in [0.2, 0.25) is 0 Å². The van der Waals surface area contributed by atoms with Crippen LogP contribution < -0.4 is 5.73 Å². The number of likely N-dealkylation sites (N-methyl/N-ethyl adjacent to an activating group) is 1. The number of amides is 1. The van der Waals surface area contributed by atoms with Crippen LogP contribution in [0.1, 0.15) is 33.3 Å². The van der Waals surface area contributed by atoms with Crippen molar-refractivity contribution in [2.75, 3.05) is 20.2 Å². The Kier molecular flexibility index (Phi) is 10.7. The minimum atomic E-state index is -0.0394. The molecule has 1 aromatic rings. The van der Waals surface area contributed by atoms with Crippen LogP contribution in [0.4, 0.5) is 0 Å². The second-order valence-electron chi connectivity index (χ2n) is 4.78. The van der Waals surface area contributed by atoms with Crippen molar-refractivity contribution in [2.45, 2.75) is 40.2 Å². The van der Waals surface area contributed by atoms with Gasteiger partial charge in [0.25, 0.3) is 5.91 Å². The van der Waals surface area contributed by atoms with Crippen LogP contribution in [0.15, 0.2) is 35.3 Å². The summed E-state index contributed by atoms with van der Waals surface area (Å²) in [6.45, 7) is 9.15. The topological polar surface area (TPSA) is 67.9 Å². The van der Waals surface area contributed by atoms with Gasteiger partial charge < -0.3 is 10.5 Å². The number of benzene rings is 1. The Morgan fingerprint density at radius 3 is 2.23 bits per heavy atom. The monoisotopic (exact) mass is 307 g/mol. The maximum absolute atomic E-state index is 10.5. The third kappa shape index (κ3) is 8.42.